The van der Waals surface area contributed by atoms with E-state index in [4.69, 9.17) is 23.2 Å². The standard InChI is InChI=1S/C19H15Cl2F5N4O2/c1-8-17(31)27-6-7-30(8)18(32)29-15(9-2-4-11(22)13(21)14(9)23)12-5-3-10(20)16(28-12)19(24,25)26/h2-5,8,15H,6-7H2,1H3,(H,27,31)(H,29,32)/t8-,15+/m1/s1. The molecule has 1 aromatic heterocycles. The molecule has 0 unspecified atom stereocenters. The third kappa shape index (κ3) is 4.73. The normalized spacial score (nSPS) is 17.7. The van der Waals surface area contributed by atoms with Gasteiger partial charge in [0.25, 0.3) is 0 Å². The summed E-state index contributed by atoms with van der Waals surface area (Å²) in [5.74, 6) is -2.82. The molecule has 2 atom stereocenters. The molecule has 3 amide bonds. The molecule has 172 valence electrons. The Kier molecular flexibility index (Phi) is 6.80. The van der Waals surface area contributed by atoms with Crippen molar-refractivity contribution in [3.8, 4) is 0 Å². The summed E-state index contributed by atoms with van der Waals surface area (Å²) < 4.78 is 68.3. The van der Waals surface area contributed by atoms with Gasteiger partial charge in [-0.25, -0.2) is 18.6 Å². The van der Waals surface area contributed by atoms with E-state index in [2.05, 4.69) is 15.6 Å². The molecule has 2 aromatic rings. The Bertz CT molecular complexity index is 1070. The van der Waals surface area contributed by atoms with Crippen molar-refractivity contribution in [1.29, 1.82) is 0 Å². The van der Waals surface area contributed by atoms with Gasteiger partial charge in [-0.15, -0.1) is 0 Å². The number of amides is 3. The molecule has 1 aliphatic heterocycles. The van der Waals surface area contributed by atoms with Crippen LogP contribution < -0.4 is 10.6 Å². The SMILES string of the molecule is C[C@@H]1C(=O)NCCN1C(=O)N[C@H](c1ccc(Cl)c(C(F)(F)F)n1)c1ccc(F)c(Cl)c1F. The second kappa shape index (κ2) is 9.07. The number of nitrogens with zero attached hydrogens (tertiary/aromatic N) is 2. The van der Waals surface area contributed by atoms with E-state index in [0.717, 1.165) is 29.2 Å². The van der Waals surface area contributed by atoms with Crippen LogP contribution in [-0.4, -0.2) is 41.0 Å². The van der Waals surface area contributed by atoms with Crippen LogP contribution in [0.4, 0.5) is 26.7 Å². The first-order chi connectivity index (χ1) is 14.9. The topological polar surface area (TPSA) is 74.3 Å². The van der Waals surface area contributed by atoms with Crippen molar-refractivity contribution >= 4 is 35.1 Å². The number of aromatic nitrogens is 1. The smallest absolute Gasteiger partial charge is 0.353 e. The number of alkyl halides is 3. The van der Waals surface area contributed by atoms with E-state index < -0.39 is 68.8 Å². The first-order valence-corrected chi connectivity index (χ1v) is 9.89. The fraction of sp³-hybridized carbons (Fsp3) is 0.316. The Labute approximate surface area is 188 Å². The average Bonchev–Trinajstić information content (AvgIpc) is 2.72. The number of benzene rings is 1. The first-order valence-electron chi connectivity index (χ1n) is 9.13. The molecule has 1 aromatic carbocycles. The predicted octanol–water partition coefficient (Wildman–Crippen LogP) is 4.30. The van der Waals surface area contributed by atoms with E-state index in [1.165, 1.54) is 6.92 Å². The molecule has 32 heavy (non-hydrogen) atoms. The molecular weight excluding hydrogens is 482 g/mol. The minimum Gasteiger partial charge on any atom is -0.353 e. The maximum Gasteiger partial charge on any atom is 0.434 e. The zero-order valence-corrected chi connectivity index (χ0v) is 17.7. The van der Waals surface area contributed by atoms with Crippen molar-refractivity contribution in [3.63, 3.8) is 0 Å². The number of carbonyl (C=O) groups is 2. The van der Waals surface area contributed by atoms with Gasteiger partial charge in [0.2, 0.25) is 5.91 Å². The van der Waals surface area contributed by atoms with Gasteiger partial charge in [-0.05, 0) is 25.1 Å². The molecule has 0 spiro atoms. The second-order valence-corrected chi connectivity index (χ2v) is 7.66. The summed E-state index contributed by atoms with van der Waals surface area (Å²) in [5.41, 5.74) is -2.30. The first kappa shape index (κ1) is 24.0. The van der Waals surface area contributed by atoms with Gasteiger partial charge in [0.05, 0.1) is 10.7 Å². The maximum absolute atomic E-state index is 14.8. The molecule has 0 aliphatic carbocycles. The van der Waals surface area contributed by atoms with Crippen LogP contribution in [0.25, 0.3) is 0 Å². The summed E-state index contributed by atoms with van der Waals surface area (Å²) in [4.78, 5) is 29.3. The third-order valence-electron chi connectivity index (χ3n) is 4.84. The highest BCUT2D eigenvalue weighted by Crippen LogP contribution is 2.36. The fourth-order valence-corrected chi connectivity index (χ4v) is 3.54. The summed E-state index contributed by atoms with van der Waals surface area (Å²) in [6, 6.07) is 0.320. The molecule has 1 fully saturated rings. The second-order valence-electron chi connectivity index (χ2n) is 6.87. The van der Waals surface area contributed by atoms with Crippen LogP contribution in [0.3, 0.4) is 0 Å². The molecule has 3 rings (SSSR count). The van der Waals surface area contributed by atoms with Crippen LogP contribution in [-0.2, 0) is 11.0 Å². The molecular formula is C19H15Cl2F5N4O2. The van der Waals surface area contributed by atoms with Crippen LogP contribution in [0, 0.1) is 11.6 Å². The molecule has 1 aliphatic rings. The van der Waals surface area contributed by atoms with Gasteiger partial charge in [0, 0.05) is 18.7 Å². The Balaban J connectivity index is 2.08. The number of hydrogen-bond donors (Lipinski definition) is 2. The van der Waals surface area contributed by atoms with Gasteiger partial charge in [-0.1, -0.05) is 29.3 Å². The number of pyridine rings is 1. The summed E-state index contributed by atoms with van der Waals surface area (Å²) in [6.07, 6.45) is -4.93. The van der Waals surface area contributed by atoms with Gasteiger partial charge in [0.15, 0.2) is 5.69 Å². The molecule has 0 saturated carbocycles. The highest BCUT2D eigenvalue weighted by atomic mass is 35.5. The largest absolute Gasteiger partial charge is 0.434 e. The molecule has 0 radical (unpaired) electrons. The van der Waals surface area contributed by atoms with Crippen LogP contribution in [0.2, 0.25) is 10.0 Å². The average molecular weight is 497 g/mol. The zero-order valence-electron chi connectivity index (χ0n) is 16.2. The van der Waals surface area contributed by atoms with Gasteiger partial charge < -0.3 is 15.5 Å². The minimum absolute atomic E-state index is 0.0972. The number of rotatable bonds is 3. The van der Waals surface area contributed by atoms with Crippen LogP contribution >= 0.6 is 23.2 Å². The van der Waals surface area contributed by atoms with Crippen LogP contribution in [0.15, 0.2) is 24.3 Å². The lowest BCUT2D eigenvalue weighted by molar-refractivity contribution is -0.141. The quantitative estimate of drug-likeness (QED) is 0.491. The number of piperazine rings is 1. The van der Waals surface area contributed by atoms with Crippen molar-refractivity contribution in [3.05, 3.63) is 62.9 Å². The van der Waals surface area contributed by atoms with Crippen molar-refractivity contribution in [1.82, 2.24) is 20.5 Å². The lowest BCUT2D eigenvalue weighted by Gasteiger charge is -2.34. The van der Waals surface area contributed by atoms with Crippen molar-refractivity contribution in [2.45, 2.75) is 25.2 Å². The van der Waals surface area contributed by atoms with Crippen LogP contribution in [0.1, 0.15) is 29.9 Å². The van der Waals surface area contributed by atoms with Gasteiger partial charge in [0.1, 0.15) is 28.7 Å². The van der Waals surface area contributed by atoms with Crippen molar-refractivity contribution in [2.75, 3.05) is 13.1 Å². The summed E-state index contributed by atoms with van der Waals surface area (Å²) in [7, 11) is 0. The predicted molar refractivity (Wildman–Crippen MR) is 105 cm³/mol. The zero-order chi connectivity index (χ0) is 23.8. The summed E-state index contributed by atoms with van der Waals surface area (Å²) >= 11 is 11.2. The highest BCUT2D eigenvalue weighted by molar-refractivity contribution is 6.31. The van der Waals surface area contributed by atoms with E-state index >= 15 is 0 Å². The van der Waals surface area contributed by atoms with E-state index in [0.29, 0.717) is 0 Å². The molecule has 1 saturated heterocycles. The molecule has 6 nitrogen and oxygen atoms in total. The van der Waals surface area contributed by atoms with Gasteiger partial charge >= 0.3 is 12.2 Å². The Morgan fingerprint density at radius 2 is 1.94 bits per heavy atom. The summed E-state index contributed by atoms with van der Waals surface area (Å²) in [6.45, 7) is 1.69. The lowest BCUT2D eigenvalue weighted by atomic mass is 10.0. The number of halogens is 7. The number of urea groups is 1. The van der Waals surface area contributed by atoms with Gasteiger partial charge in [-0.2, -0.15) is 13.2 Å². The molecule has 0 bridgehead atoms. The number of nitrogens with one attached hydrogen (secondary N) is 2. The minimum atomic E-state index is -4.93. The van der Waals surface area contributed by atoms with Crippen molar-refractivity contribution in [2.24, 2.45) is 0 Å². The van der Waals surface area contributed by atoms with E-state index in [1.54, 1.807) is 0 Å². The summed E-state index contributed by atoms with van der Waals surface area (Å²) in [5, 5.41) is 3.32. The number of hydrogen-bond acceptors (Lipinski definition) is 3. The fourth-order valence-electron chi connectivity index (χ4n) is 3.16. The highest BCUT2D eigenvalue weighted by Gasteiger charge is 2.37. The lowest BCUT2D eigenvalue weighted by Crippen LogP contribution is -2.58. The van der Waals surface area contributed by atoms with E-state index in [-0.39, 0.29) is 13.1 Å². The van der Waals surface area contributed by atoms with Crippen molar-refractivity contribution < 1.29 is 31.5 Å². The molecule has 2 heterocycles. The van der Waals surface area contributed by atoms with E-state index in [9.17, 15) is 31.5 Å². The van der Waals surface area contributed by atoms with Gasteiger partial charge in [-0.3, -0.25) is 4.79 Å². The molecule has 13 heteroatoms. The van der Waals surface area contributed by atoms with E-state index in [1.807, 2.05) is 0 Å². The Morgan fingerprint density at radius 3 is 2.59 bits per heavy atom. The van der Waals surface area contributed by atoms with Crippen LogP contribution in [0.5, 0.6) is 0 Å². The monoisotopic (exact) mass is 496 g/mol. The third-order valence-corrected chi connectivity index (χ3v) is 5.49. The Morgan fingerprint density at radius 1 is 1.25 bits per heavy atom. The molecule has 2 N–H and O–H groups in total. The maximum atomic E-state index is 14.8. The number of carbonyl (C=O) groups excluding carboxylic acids is 2. The Hall–Kier alpha value is -2.66.